The summed E-state index contributed by atoms with van der Waals surface area (Å²) in [4.78, 5) is 10.6. The summed E-state index contributed by atoms with van der Waals surface area (Å²) in [5.41, 5.74) is 8.71. The lowest BCUT2D eigenvalue weighted by Crippen LogP contribution is -1.94. The Balaban J connectivity index is 2.65. The maximum Gasteiger partial charge on any atom is 0.277 e. The minimum Gasteiger partial charge on any atom is -0.399 e. The Morgan fingerprint density at radius 2 is 1.76 bits per heavy atom. The molecule has 0 aromatic heterocycles. The molecule has 4 heteroatoms. The lowest BCUT2D eigenvalue weighted by molar-refractivity contribution is -0.384. The van der Waals surface area contributed by atoms with Crippen molar-refractivity contribution in [1.82, 2.24) is 0 Å². The molecule has 2 aromatic rings. The number of anilines is 1. The quantitative estimate of drug-likeness (QED) is 0.487. The summed E-state index contributed by atoms with van der Waals surface area (Å²) in [6, 6.07) is 12.1. The number of nitrogens with zero attached hydrogens (tertiary/aromatic N) is 1. The molecule has 0 heterocycles. The summed E-state index contributed by atoms with van der Waals surface area (Å²) in [6.07, 6.45) is 0. The third-order valence-electron chi connectivity index (χ3n) is 2.65. The Kier molecular flexibility index (Phi) is 2.78. The molecule has 0 spiro atoms. The van der Waals surface area contributed by atoms with Crippen LogP contribution in [-0.2, 0) is 0 Å². The van der Waals surface area contributed by atoms with E-state index in [2.05, 4.69) is 0 Å². The first kappa shape index (κ1) is 11.1. The average Bonchev–Trinajstić information content (AvgIpc) is 2.30. The Morgan fingerprint density at radius 1 is 1.12 bits per heavy atom. The smallest absolute Gasteiger partial charge is 0.277 e. The number of nitrogen functional groups attached to an aromatic ring is 1. The molecule has 0 atom stereocenters. The Bertz CT molecular complexity index is 562. The van der Waals surface area contributed by atoms with Crippen LogP contribution in [0.15, 0.2) is 42.5 Å². The number of rotatable bonds is 2. The minimum atomic E-state index is -0.362. The highest BCUT2D eigenvalue weighted by molar-refractivity contribution is 5.77. The fourth-order valence-corrected chi connectivity index (χ4v) is 1.83. The minimum absolute atomic E-state index is 0.120. The van der Waals surface area contributed by atoms with Crippen molar-refractivity contribution in [3.8, 4) is 11.1 Å². The van der Waals surface area contributed by atoms with E-state index in [-0.39, 0.29) is 10.6 Å². The predicted octanol–water partition coefficient (Wildman–Crippen LogP) is 3.15. The fraction of sp³-hybridized carbons (Fsp3) is 0.0769. The van der Waals surface area contributed by atoms with E-state index in [1.165, 1.54) is 6.07 Å². The van der Waals surface area contributed by atoms with E-state index in [9.17, 15) is 10.1 Å². The van der Waals surface area contributed by atoms with Gasteiger partial charge in [-0.05, 0) is 30.2 Å². The third-order valence-corrected chi connectivity index (χ3v) is 2.65. The molecular formula is C13H12N2O2. The van der Waals surface area contributed by atoms with Crippen LogP contribution in [-0.4, -0.2) is 4.92 Å². The number of hydrogen-bond acceptors (Lipinski definition) is 3. The van der Waals surface area contributed by atoms with Crippen LogP contribution < -0.4 is 5.73 Å². The van der Waals surface area contributed by atoms with E-state index in [0.29, 0.717) is 11.3 Å². The third kappa shape index (κ3) is 2.10. The van der Waals surface area contributed by atoms with E-state index in [4.69, 9.17) is 5.73 Å². The maximum absolute atomic E-state index is 11.0. The molecule has 86 valence electrons. The SMILES string of the molecule is Cc1cccc([N+](=O)[O-])c1-c1ccc(N)cc1. The number of hydrogen-bond donors (Lipinski definition) is 1. The number of aryl methyl sites for hydroxylation is 1. The van der Waals surface area contributed by atoms with Gasteiger partial charge in [-0.1, -0.05) is 24.3 Å². The molecule has 0 aliphatic heterocycles. The standard InChI is InChI=1S/C13H12N2O2/c1-9-3-2-4-12(15(16)17)13(9)10-5-7-11(14)8-6-10/h2-8H,14H2,1H3. The zero-order valence-electron chi connectivity index (χ0n) is 9.38. The van der Waals surface area contributed by atoms with E-state index in [1.54, 1.807) is 30.3 Å². The van der Waals surface area contributed by atoms with Crippen LogP contribution in [0.4, 0.5) is 11.4 Å². The number of benzene rings is 2. The van der Waals surface area contributed by atoms with Gasteiger partial charge < -0.3 is 5.73 Å². The molecule has 0 unspecified atom stereocenters. The molecule has 0 radical (unpaired) electrons. The number of nitro benzene ring substituents is 1. The van der Waals surface area contributed by atoms with Crippen molar-refractivity contribution in [3.63, 3.8) is 0 Å². The largest absolute Gasteiger partial charge is 0.399 e. The fourth-order valence-electron chi connectivity index (χ4n) is 1.83. The second-order valence-electron chi connectivity index (χ2n) is 3.85. The van der Waals surface area contributed by atoms with Gasteiger partial charge in [0.2, 0.25) is 0 Å². The molecule has 0 bridgehead atoms. The van der Waals surface area contributed by atoms with Gasteiger partial charge in [0.25, 0.3) is 5.69 Å². The van der Waals surface area contributed by atoms with Crippen molar-refractivity contribution < 1.29 is 4.92 Å². The topological polar surface area (TPSA) is 69.2 Å². The second kappa shape index (κ2) is 4.25. The van der Waals surface area contributed by atoms with Crippen molar-refractivity contribution in [1.29, 1.82) is 0 Å². The highest BCUT2D eigenvalue weighted by Crippen LogP contribution is 2.32. The predicted molar refractivity (Wildman–Crippen MR) is 67.7 cm³/mol. The molecule has 0 aliphatic rings. The van der Waals surface area contributed by atoms with Crippen LogP contribution in [0.3, 0.4) is 0 Å². The van der Waals surface area contributed by atoms with Gasteiger partial charge in [-0.25, -0.2) is 0 Å². The maximum atomic E-state index is 11.0. The molecule has 4 nitrogen and oxygen atoms in total. The van der Waals surface area contributed by atoms with Crippen LogP contribution in [0.1, 0.15) is 5.56 Å². The summed E-state index contributed by atoms with van der Waals surface area (Å²) in [6.45, 7) is 1.86. The summed E-state index contributed by atoms with van der Waals surface area (Å²) < 4.78 is 0. The highest BCUT2D eigenvalue weighted by Gasteiger charge is 2.16. The molecule has 2 rings (SSSR count). The van der Waals surface area contributed by atoms with E-state index < -0.39 is 0 Å². The normalized spacial score (nSPS) is 10.2. The number of nitro groups is 1. The molecule has 17 heavy (non-hydrogen) atoms. The summed E-state index contributed by atoms with van der Waals surface area (Å²) >= 11 is 0. The average molecular weight is 228 g/mol. The van der Waals surface area contributed by atoms with Crippen molar-refractivity contribution in [2.45, 2.75) is 6.92 Å². The first-order chi connectivity index (χ1) is 8.09. The second-order valence-corrected chi connectivity index (χ2v) is 3.85. The summed E-state index contributed by atoms with van der Waals surface area (Å²) in [5.74, 6) is 0. The van der Waals surface area contributed by atoms with Gasteiger partial charge >= 0.3 is 0 Å². The van der Waals surface area contributed by atoms with E-state index in [1.807, 2.05) is 13.0 Å². The first-order valence-corrected chi connectivity index (χ1v) is 5.19. The van der Waals surface area contributed by atoms with Crippen LogP contribution in [0, 0.1) is 17.0 Å². The lowest BCUT2D eigenvalue weighted by Gasteiger charge is -2.07. The van der Waals surface area contributed by atoms with Crippen LogP contribution in [0.5, 0.6) is 0 Å². The van der Waals surface area contributed by atoms with Gasteiger partial charge in [0.05, 0.1) is 10.5 Å². The first-order valence-electron chi connectivity index (χ1n) is 5.19. The molecule has 0 fully saturated rings. The summed E-state index contributed by atoms with van der Waals surface area (Å²) in [7, 11) is 0. The monoisotopic (exact) mass is 228 g/mol. The van der Waals surface area contributed by atoms with Crippen LogP contribution >= 0.6 is 0 Å². The van der Waals surface area contributed by atoms with E-state index in [0.717, 1.165) is 11.1 Å². The molecule has 0 aliphatic carbocycles. The van der Waals surface area contributed by atoms with Gasteiger partial charge in [-0.15, -0.1) is 0 Å². The number of nitrogens with two attached hydrogens (primary N) is 1. The van der Waals surface area contributed by atoms with Crippen LogP contribution in [0.2, 0.25) is 0 Å². The van der Waals surface area contributed by atoms with Crippen molar-refractivity contribution in [2.24, 2.45) is 0 Å². The molecule has 2 aromatic carbocycles. The van der Waals surface area contributed by atoms with Crippen molar-refractivity contribution in [3.05, 3.63) is 58.1 Å². The van der Waals surface area contributed by atoms with E-state index >= 15 is 0 Å². The van der Waals surface area contributed by atoms with Gasteiger partial charge in [0.15, 0.2) is 0 Å². The lowest BCUT2D eigenvalue weighted by atomic mass is 9.98. The zero-order valence-corrected chi connectivity index (χ0v) is 9.38. The van der Waals surface area contributed by atoms with Gasteiger partial charge in [-0.2, -0.15) is 0 Å². The molecule has 0 saturated heterocycles. The van der Waals surface area contributed by atoms with Crippen LogP contribution in [0.25, 0.3) is 11.1 Å². The molecular weight excluding hydrogens is 216 g/mol. The Hall–Kier alpha value is -2.36. The zero-order chi connectivity index (χ0) is 12.4. The van der Waals surface area contributed by atoms with Gasteiger partial charge in [0.1, 0.15) is 0 Å². The molecule has 0 amide bonds. The Morgan fingerprint density at radius 3 is 2.35 bits per heavy atom. The summed E-state index contributed by atoms with van der Waals surface area (Å²) in [5, 5.41) is 11.0. The van der Waals surface area contributed by atoms with Crippen molar-refractivity contribution >= 4 is 11.4 Å². The van der Waals surface area contributed by atoms with Crippen molar-refractivity contribution in [2.75, 3.05) is 5.73 Å². The van der Waals surface area contributed by atoms with Gasteiger partial charge in [0, 0.05) is 11.8 Å². The molecule has 2 N–H and O–H groups in total. The van der Waals surface area contributed by atoms with Gasteiger partial charge in [-0.3, -0.25) is 10.1 Å². The molecule has 0 saturated carbocycles. The Labute approximate surface area is 98.8 Å². The highest BCUT2D eigenvalue weighted by atomic mass is 16.6.